The lowest BCUT2D eigenvalue weighted by Crippen LogP contribution is -1.95. The minimum absolute atomic E-state index is 0.837. The van der Waals surface area contributed by atoms with Crippen molar-refractivity contribution in [2.45, 2.75) is 33.1 Å². The van der Waals surface area contributed by atoms with Crippen molar-refractivity contribution in [3.8, 4) is 0 Å². The van der Waals surface area contributed by atoms with Gasteiger partial charge in [-0.3, -0.25) is 0 Å². The van der Waals surface area contributed by atoms with Crippen LogP contribution < -0.4 is 5.32 Å². The van der Waals surface area contributed by atoms with Gasteiger partial charge in [0.05, 0.1) is 0 Å². The zero-order chi connectivity index (χ0) is 12.8. The highest BCUT2D eigenvalue weighted by atomic mass is 15.0. The summed E-state index contributed by atoms with van der Waals surface area (Å²) in [5, 5.41) is 3.28. The zero-order valence-electron chi connectivity index (χ0n) is 11.0. The molecule has 0 aliphatic carbocycles. The topological polar surface area (TPSA) is 37.8 Å². The molecule has 0 aliphatic rings. The van der Waals surface area contributed by atoms with E-state index in [-0.39, 0.29) is 0 Å². The molecule has 0 saturated carbocycles. The summed E-state index contributed by atoms with van der Waals surface area (Å²) >= 11 is 0. The first-order valence-corrected chi connectivity index (χ1v) is 6.42. The van der Waals surface area contributed by atoms with Crippen LogP contribution in [-0.2, 0) is 6.42 Å². The van der Waals surface area contributed by atoms with E-state index in [1.54, 1.807) is 6.33 Å². The lowest BCUT2D eigenvalue weighted by atomic mass is 10.1. The molecule has 1 heterocycles. The SMILES string of the molecule is CCCCc1ccc(Nc2cc(C)ncn2)cc1. The summed E-state index contributed by atoms with van der Waals surface area (Å²) in [4.78, 5) is 8.26. The fourth-order valence-electron chi connectivity index (χ4n) is 1.81. The van der Waals surface area contributed by atoms with Gasteiger partial charge in [-0.25, -0.2) is 9.97 Å². The third kappa shape index (κ3) is 3.55. The second kappa shape index (κ2) is 6.15. The first-order valence-electron chi connectivity index (χ1n) is 6.42. The fraction of sp³-hybridized carbons (Fsp3) is 0.333. The average Bonchev–Trinajstić information content (AvgIpc) is 2.38. The molecule has 1 N–H and O–H groups in total. The molecule has 1 aromatic carbocycles. The monoisotopic (exact) mass is 241 g/mol. The number of benzene rings is 1. The van der Waals surface area contributed by atoms with E-state index in [0.717, 1.165) is 23.6 Å². The first-order chi connectivity index (χ1) is 8.78. The van der Waals surface area contributed by atoms with Gasteiger partial charge in [-0.1, -0.05) is 25.5 Å². The number of unbranched alkanes of at least 4 members (excludes halogenated alkanes) is 1. The molecule has 3 nitrogen and oxygen atoms in total. The number of nitrogens with zero attached hydrogens (tertiary/aromatic N) is 2. The minimum Gasteiger partial charge on any atom is -0.340 e. The van der Waals surface area contributed by atoms with Crippen LogP contribution in [0.5, 0.6) is 0 Å². The third-order valence-corrected chi connectivity index (χ3v) is 2.85. The lowest BCUT2D eigenvalue weighted by molar-refractivity contribution is 0.795. The predicted molar refractivity (Wildman–Crippen MR) is 75.1 cm³/mol. The van der Waals surface area contributed by atoms with Crippen LogP contribution in [0.25, 0.3) is 0 Å². The molecular weight excluding hydrogens is 222 g/mol. The molecule has 1 aromatic heterocycles. The number of aryl methyl sites for hydroxylation is 2. The van der Waals surface area contributed by atoms with Crippen molar-refractivity contribution in [3.63, 3.8) is 0 Å². The molecule has 3 heteroatoms. The largest absolute Gasteiger partial charge is 0.340 e. The Bertz CT molecular complexity index is 491. The normalized spacial score (nSPS) is 10.3. The molecule has 0 amide bonds. The Morgan fingerprint density at radius 2 is 1.89 bits per heavy atom. The minimum atomic E-state index is 0.837. The van der Waals surface area contributed by atoms with Gasteiger partial charge < -0.3 is 5.32 Å². The van der Waals surface area contributed by atoms with E-state index in [9.17, 15) is 0 Å². The van der Waals surface area contributed by atoms with E-state index in [4.69, 9.17) is 0 Å². The summed E-state index contributed by atoms with van der Waals surface area (Å²) in [6, 6.07) is 10.5. The fourth-order valence-corrected chi connectivity index (χ4v) is 1.81. The molecule has 0 bridgehead atoms. The van der Waals surface area contributed by atoms with Crippen molar-refractivity contribution in [3.05, 3.63) is 47.9 Å². The van der Waals surface area contributed by atoms with Crippen LogP contribution in [0.2, 0.25) is 0 Å². The third-order valence-electron chi connectivity index (χ3n) is 2.85. The standard InChI is InChI=1S/C15H19N3/c1-3-4-5-13-6-8-14(9-7-13)18-15-10-12(2)16-11-17-15/h6-11H,3-5H2,1-2H3,(H,16,17,18). The van der Waals surface area contributed by atoms with E-state index >= 15 is 0 Å². The maximum Gasteiger partial charge on any atom is 0.133 e. The summed E-state index contributed by atoms with van der Waals surface area (Å²) in [5.41, 5.74) is 3.42. The van der Waals surface area contributed by atoms with Gasteiger partial charge in [-0.15, -0.1) is 0 Å². The Morgan fingerprint density at radius 3 is 2.56 bits per heavy atom. The molecule has 18 heavy (non-hydrogen) atoms. The van der Waals surface area contributed by atoms with Gasteiger partial charge >= 0.3 is 0 Å². The Morgan fingerprint density at radius 1 is 1.11 bits per heavy atom. The quantitative estimate of drug-likeness (QED) is 0.863. The Labute approximate surface area is 108 Å². The number of hydrogen-bond donors (Lipinski definition) is 1. The predicted octanol–water partition coefficient (Wildman–Crippen LogP) is 3.87. The number of nitrogens with one attached hydrogen (secondary N) is 1. The smallest absolute Gasteiger partial charge is 0.133 e. The number of aromatic nitrogens is 2. The molecule has 2 aromatic rings. The van der Waals surface area contributed by atoms with Gasteiger partial charge in [0.15, 0.2) is 0 Å². The average molecular weight is 241 g/mol. The molecule has 0 unspecified atom stereocenters. The second-order valence-electron chi connectivity index (χ2n) is 4.47. The molecule has 0 aliphatic heterocycles. The lowest BCUT2D eigenvalue weighted by Gasteiger charge is -2.07. The van der Waals surface area contributed by atoms with Crippen LogP contribution in [0.15, 0.2) is 36.7 Å². The molecule has 0 fully saturated rings. The molecular formula is C15H19N3. The van der Waals surface area contributed by atoms with Crippen LogP contribution in [0.1, 0.15) is 31.0 Å². The maximum atomic E-state index is 4.18. The van der Waals surface area contributed by atoms with Gasteiger partial charge in [-0.2, -0.15) is 0 Å². The van der Waals surface area contributed by atoms with Crippen molar-refractivity contribution in [1.82, 2.24) is 9.97 Å². The highest BCUT2D eigenvalue weighted by molar-refractivity contribution is 5.56. The van der Waals surface area contributed by atoms with Crippen LogP contribution in [0.4, 0.5) is 11.5 Å². The highest BCUT2D eigenvalue weighted by Crippen LogP contribution is 2.16. The van der Waals surface area contributed by atoms with Crippen molar-refractivity contribution in [1.29, 1.82) is 0 Å². The van der Waals surface area contributed by atoms with E-state index in [1.807, 2.05) is 13.0 Å². The van der Waals surface area contributed by atoms with Crippen molar-refractivity contribution in [2.75, 3.05) is 5.32 Å². The molecule has 2 rings (SSSR count). The van der Waals surface area contributed by atoms with E-state index in [1.165, 1.54) is 18.4 Å². The summed E-state index contributed by atoms with van der Waals surface area (Å²) in [6.07, 6.45) is 5.22. The maximum absolute atomic E-state index is 4.18. The van der Waals surface area contributed by atoms with Crippen LogP contribution >= 0.6 is 0 Å². The molecule has 0 saturated heterocycles. The Balaban J connectivity index is 2.02. The molecule has 0 atom stereocenters. The van der Waals surface area contributed by atoms with Gasteiger partial charge in [0, 0.05) is 17.4 Å². The molecule has 94 valence electrons. The van der Waals surface area contributed by atoms with Crippen molar-refractivity contribution in [2.24, 2.45) is 0 Å². The summed E-state index contributed by atoms with van der Waals surface area (Å²) in [6.45, 7) is 4.17. The Hall–Kier alpha value is -1.90. The number of hydrogen-bond acceptors (Lipinski definition) is 3. The second-order valence-corrected chi connectivity index (χ2v) is 4.47. The van der Waals surface area contributed by atoms with Crippen molar-refractivity contribution < 1.29 is 0 Å². The molecule has 0 spiro atoms. The van der Waals surface area contributed by atoms with Gasteiger partial charge in [0.1, 0.15) is 12.1 Å². The van der Waals surface area contributed by atoms with Gasteiger partial charge in [0.2, 0.25) is 0 Å². The van der Waals surface area contributed by atoms with E-state index < -0.39 is 0 Å². The van der Waals surface area contributed by atoms with Crippen LogP contribution in [-0.4, -0.2) is 9.97 Å². The van der Waals surface area contributed by atoms with E-state index in [0.29, 0.717) is 0 Å². The van der Waals surface area contributed by atoms with Crippen LogP contribution in [0.3, 0.4) is 0 Å². The summed E-state index contributed by atoms with van der Waals surface area (Å²) in [7, 11) is 0. The van der Waals surface area contributed by atoms with Gasteiger partial charge in [-0.05, 0) is 37.5 Å². The molecule has 0 radical (unpaired) electrons. The van der Waals surface area contributed by atoms with Crippen LogP contribution in [0, 0.1) is 6.92 Å². The number of anilines is 2. The zero-order valence-corrected chi connectivity index (χ0v) is 11.0. The Kier molecular flexibility index (Phi) is 4.29. The summed E-state index contributed by atoms with van der Waals surface area (Å²) in [5.74, 6) is 0.837. The number of rotatable bonds is 5. The van der Waals surface area contributed by atoms with Crippen molar-refractivity contribution >= 4 is 11.5 Å². The highest BCUT2D eigenvalue weighted by Gasteiger charge is 1.97. The van der Waals surface area contributed by atoms with Gasteiger partial charge in [0.25, 0.3) is 0 Å². The summed E-state index contributed by atoms with van der Waals surface area (Å²) < 4.78 is 0. The first kappa shape index (κ1) is 12.6. The van der Waals surface area contributed by atoms with E-state index in [2.05, 4.69) is 46.5 Å².